The first-order valence-electron chi connectivity index (χ1n) is 7.96. The molecule has 0 saturated heterocycles. The van der Waals surface area contributed by atoms with Crippen molar-refractivity contribution in [2.45, 2.75) is 52.4 Å². The van der Waals surface area contributed by atoms with Gasteiger partial charge in [0.25, 0.3) is 0 Å². The second-order valence-corrected chi connectivity index (χ2v) is 8.97. The number of fused-ring (bicyclic) bond motifs is 1. The number of halogens is 2. The van der Waals surface area contributed by atoms with Crippen LogP contribution in [-0.2, 0) is 10.8 Å². The van der Waals surface area contributed by atoms with Gasteiger partial charge in [0.1, 0.15) is 5.82 Å². The zero-order chi connectivity index (χ0) is 17.2. The second kappa shape index (κ2) is 4.89. The molecule has 0 radical (unpaired) electrons. The molecule has 0 unspecified atom stereocenters. The predicted molar refractivity (Wildman–Crippen MR) is 97.2 cm³/mol. The van der Waals surface area contributed by atoms with Crippen LogP contribution in [0.15, 0.2) is 34.9 Å². The molecule has 0 aliphatic heterocycles. The van der Waals surface area contributed by atoms with E-state index in [2.05, 4.69) is 80.7 Å². The molecule has 23 heavy (non-hydrogen) atoms. The zero-order valence-electron chi connectivity index (χ0n) is 14.6. The summed E-state index contributed by atoms with van der Waals surface area (Å²) in [6, 6.07) is 7.95. The molecule has 3 rings (SSSR count). The highest BCUT2D eigenvalue weighted by Gasteiger charge is 2.56. The van der Waals surface area contributed by atoms with Gasteiger partial charge in [-0.1, -0.05) is 53.7 Å². The Labute approximate surface area is 146 Å². The second-order valence-electron chi connectivity index (χ2n) is 8.12. The summed E-state index contributed by atoms with van der Waals surface area (Å²) in [7, 11) is 0. The molecular weight excluding hydrogens is 353 g/mol. The van der Waals surface area contributed by atoms with Gasteiger partial charge in [0.2, 0.25) is 0 Å². The number of benzene rings is 1. The molecule has 1 aromatic heterocycles. The summed E-state index contributed by atoms with van der Waals surface area (Å²) in [5.74, 6) is -0.282. The van der Waals surface area contributed by atoms with Gasteiger partial charge >= 0.3 is 0 Å². The molecule has 2 aromatic rings. The molecule has 0 N–H and O–H groups in total. The zero-order valence-corrected chi connectivity index (χ0v) is 16.2. The van der Waals surface area contributed by atoms with Crippen LogP contribution in [0.5, 0.6) is 0 Å². The Morgan fingerprint density at radius 1 is 0.913 bits per heavy atom. The molecule has 0 bridgehead atoms. The van der Waals surface area contributed by atoms with Crippen LogP contribution in [-0.4, -0.2) is 4.98 Å². The first kappa shape index (κ1) is 16.6. The van der Waals surface area contributed by atoms with Crippen molar-refractivity contribution in [2.24, 2.45) is 5.41 Å². The van der Waals surface area contributed by atoms with Gasteiger partial charge in [0.15, 0.2) is 0 Å². The summed E-state index contributed by atoms with van der Waals surface area (Å²) in [5, 5.41) is 0. The van der Waals surface area contributed by atoms with Gasteiger partial charge < -0.3 is 0 Å². The maximum Gasteiger partial charge on any atom is 0.141 e. The van der Waals surface area contributed by atoms with Crippen LogP contribution < -0.4 is 0 Å². The predicted octanol–water partition coefficient (Wildman–Crippen LogP) is 6.25. The van der Waals surface area contributed by atoms with Crippen LogP contribution in [0.1, 0.15) is 52.7 Å². The lowest BCUT2D eigenvalue weighted by molar-refractivity contribution is 0.125. The van der Waals surface area contributed by atoms with Crippen molar-refractivity contribution < 1.29 is 4.39 Å². The van der Waals surface area contributed by atoms with E-state index in [4.69, 9.17) is 0 Å². The first-order valence-corrected chi connectivity index (χ1v) is 8.76. The average molecular weight is 376 g/mol. The SMILES string of the molecule is CC1(C)c2ccc(-c3cc(F)c(Br)cn3)cc2C(C)(C)C1(C)C. The van der Waals surface area contributed by atoms with Crippen molar-refractivity contribution in [1.29, 1.82) is 0 Å². The van der Waals surface area contributed by atoms with E-state index < -0.39 is 0 Å². The van der Waals surface area contributed by atoms with E-state index in [9.17, 15) is 4.39 Å². The molecule has 122 valence electrons. The van der Waals surface area contributed by atoms with Crippen LogP contribution in [0.4, 0.5) is 4.39 Å². The summed E-state index contributed by atoms with van der Waals surface area (Å²) in [5.41, 5.74) is 4.62. The van der Waals surface area contributed by atoms with Crippen LogP contribution in [0.3, 0.4) is 0 Å². The van der Waals surface area contributed by atoms with E-state index in [-0.39, 0.29) is 22.1 Å². The fraction of sp³-hybridized carbons (Fsp3) is 0.450. The van der Waals surface area contributed by atoms with E-state index in [1.54, 1.807) is 0 Å². The molecule has 1 heterocycles. The fourth-order valence-electron chi connectivity index (χ4n) is 3.79. The van der Waals surface area contributed by atoms with E-state index in [1.165, 1.54) is 23.4 Å². The summed E-state index contributed by atoms with van der Waals surface area (Å²) in [6.45, 7) is 13.9. The van der Waals surface area contributed by atoms with Crippen LogP contribution >= 0.6 is 15.9 Å². The molecule has 0 amide bonds. The lowest BCUT2D eigenvalue weighted by Crippen LogP contribution is -2.42. The van der Waals surface area contributed by atoms with Gasteiger partial charge in [-0.25, -0.2) is 4.39 Å². The van der Waals surface area contributed by atoms with Crippen molar-refractivity contribution in [3.05, 3.63) is 51.9 Å². The Kier molecular flexibility index (Phi) is 3.54. The summed E-state index contributed by atoms with van der Waals surface area (Å²) in [6.07, 6.45) is 1.52. The summed E-state index contributed by atoms with van der Waals surface area (Å²) >= 11 is 3.16. The molecule has 0 atom stereocenters. The summed E-state index contributed by atoms with van der Waals surface area (Å²) in [4.78, 5) is 4.37. The van der Waals surface area contributed by atoms with Crippen LogP contribution in [0, 0.1) is 11.2 Å². The minimum absolute atomic E-state index is 0.0375. The largest absolute Gasteiger partial charge is 0.255 e. The van der Waals surface area contributed by atoms with Gasteiger partial charge in [-0.05, 0) is 49.4 Å². The third kappa shape index (κ3) is 2.12. The van der Waals surface area contributed by atoms with Gasteiger partial charge in [0, 0.05) is 17.8 Å². The molecule has 1 aromatic carbocycles. The Morgan fingerprint density at radius 2 is 1.52 bits per heavy atom. The van der Waals surface area contributed by atoms with Gasteiger partial charge in [-0.2, -0.15) is 0 Å². The minimum atomic E-state index is -0.282. The molecule has 1 aliphatic carbocycles. The number of aromatic nitrogens is 1. The maximum atomic E-state index is 13.9. The maximum absolute atomic E-state index is 13.9. The normalized spacial score (nSPS) is 20.3. The molecule has 1 aliphatic rings. The Balaban J connectivity index is 2.20. The number of hydrogen-bond acceptors (Lipinski definition) is 1. The number of hydrogen-bond donors (Lipinski definition) is 0. The van der Waals surface area contributed by atoms with Gasteiger partial charge in [-0.15, -0.1) is 0 Å². The third-order valence-corrected chi connectivity index (χ3v) is 7.18. The van der Waals surface area contributed by atoms with Gasteiger partial charge in [0.05, 0.1) is 10.2 Å². The third-order valence-electron chi connectivity index (χ3n) is 6.60. The average Bonchev–Trinajstić information content (AvgIpc) is 2.58. The fourth-order valence-corrected chi connectivity index (χ4v) is 4.01. The van der Waals surface area contributed by atoms with E-state index in [1.807, 2.05) is 0 Å². The van der Waals surface area contributed by atoms with E-state index >= 15 is 0 Å². The van der Waals surface area contributed by atoms with E-state index in [0.29, 0.717) is 10.2 Å². The highest BCUT2D eigenvalue weighted by atomic mass is 79.9. The van der Waals surface area contributed by atoms with Crippen molar-refractivity contribution in [2.75, 3.05) is 0 Å². The highest BCUT2D eigenvalue weighted by molar-refractivity contribution is 9.10. The Bertz CT molecular complexity index is 790. The molecule has 1 nitrogen and oxygen atoms in total. The lowest BCUT2D eigenvalue weighted by Gasteiger charge is -2.44. The van der Waals surface area contributed by atoms with Crippen LogP contribution in [0.2, 0.25) is 0 Å². The van der Waals surface area contributed by atoms with E-state index in [0.717, 1.165) is 5.56 Å². The molecule has 0 spiro atoms. The van der Waals surface area contributed by atoms with Crippen molar-refractivity contribution in [3.8, 4) is 11.3 Å². The Hall–Kier alpha value is -1.22. The number of rotatable bonds is 1. The smallest absolute Gasteiger partial charge is 0.141 e. The standard InChI is InChI=1S/C20H23BrFN/c1-18(2)13-8-7-12(17-10-16(22)15(21)11-23-17)9-14(13)19(3,4)20(18,5)6/h7-11H,1-6H3. The van der Waals surface area contributed by atoms with Crippen molar-refractivity contribution in [3.63, 3.8) is 0 Å². The Morgan fingerprint density at radius 3 is 2.13 bits per heavy atom. The van der Waals surface area contributed by atoms with Crippen molar-refractivity contribution >= 4 is 15.9 Å². The summed E-state index contributed by atoms with van der Waals surface area (Å²) < 4.78 is 14.2. The van der Waals surface area contributed by atoms with Crippen LogP contribution in [0.25, 0.3) is 11.3 Å². The molecule has 3 heteroatoms. The molecule has 0 saturated carbocycles. The van der Waals surface area contributed by atoms with Gasteiger partial charge in [-0.3, -0.25) is 4.98 Å². The molecular formula is C20H23BrFN. The lowest BCUT2D eigenvalue weighted by atomic mass is 9.59. The first-order chi connectivity index (χ1) is 10.5. The monoisotopic (exact) mass is 375 g/mol. The quantitative estimate of drug-likeness (QED) is 0.574. The minimum Gasteiger partial charge on any atom is -0.255 e. The molecule has 0 fully saturated rings. The number of pyridine rings is 1. The number of nitrogens with zero attached hydrogens (tertiary/aromatic N) is 1. The highest BCUT2D eigenvalue weighted by Crippen LogP contribution is 2.61. The topological polar surface area (TPSA) is 12.9 Å². The van der Waals surface area contributed by atoms with Crippen molar-refractivity contribution in [1.82, 2.24) is 4.98 Å².